The Balaban J connectivity index is 1.88. The van der Waals surface area contributed by atoms with Crippen LogP contribution in [-0.2, 0) is 0 Å². The van der Waals surface area contributed by atoms with Gasteiger partial charge in [-0.15, -0.1) is 0 Å². The number of aliphatic hydroxyl groups excluding tert-OH is 1. The highest BCUT2D eigenvalue weighted by molar-refractivity contribution is 4.73. The molecule has 1 saturated heterocycles. The molecule has 2 atom stereocenters. The lowest BCUT2D eigenvalue weighted by Crippen LogP contribution is -3.24. The molecule has 4 N–H and O–H groups in total. The fourth-order valence-corrected chi connectivity index (χ4v) is 2.80. The van der Waals surface area contributed by atoms with Gasteiger partial charge in [-0.1, -0.05) is 6.42 Å². The molecule has 1 heterocycles. The van der Waals surface area contributed by atoms with E-state index in [0.29, 0.717) is 6.04 Å². The van der Waals surface area contributed by atoms with Crippen molar-refractivity contribution in [1.29, 1.82) is 0 Å². The molecule has 1 aliphatic carbocycles. The molecule has 0 aromatic heterocycles. The van der Waals surface area contributed by atoms with Gasteiger partial charge in [-0.2, -0.15) is 0 Å². The van der Waals surface area contributed by atoms with Gasteiger partial charge in [0.1, 0.15) is 38.3 Å². The molecule has 0 bridgehead atoms. The molecule has 0 unspecified atom stereocenters. The first-order chi connectivity index (χ1) is 6.38. The third-order valence-electron chi connectivity index (χ3n) is 3.59. The molecule has 13 heavy (non-hydrogen) atoms. The molecule has 3 nitrogen and oxygen atoms in total. The Bertz CT molecular complexity index is 157. The average Bonchev–Trinajstić information content (AvgIpc) is 2.20. The first-order valence-corrected chi connectivity index (χ1v) is 5.72. The largest absolute Gasteiger partial charge is 0.387 e. The maximum absolute atomic E-state index is 9.89. The van der Waals surface area contributed by atoms with Crippen LogP contribution >= 0.6 is 0 Å². The van der Waals surface area contributed by atoms with Crippen LogP contribution in [0.2, 0.25) is 0 Å². The van der Waals surface area contributed by atoms with Crippen molar-refractivity contribution in [2.75, 3.05) is 26.2 Å². The van der Waals surface area contributed by atoms with Gasteiger partial charge in [0.2, 0.25) is 0 Å². The number of aliphatic hydroxyl groups is 1. The summed E-state index contributed by atoms with van der Waals surface area (Å²) in [6.45, 7) is 5.00. The number of nitrogens with one attached hydrogen (secondary N) is 1. The number of piperazine rings is 1. The average molecular weight is 186 g/mol. The molecule has 1 aliphatic heterocycles. The lowest BCUT2D eigenvalue weighted by atomic mass is 9.91. The first-order valence-electron chi connectivity index (χ1n) is 5.72. The fraction of sp³-hybridized carbons (Fsp3) is 1.00. The first kappa shape index (κ1) is 9.44. The van der Waals surface area contributed by atoms with Crippen LogP contribution in [0.15, 0.2) is 0 Å². The SMILES string of the molecule is O[C@@H]1CCCC[C@@H]1[NH+]1CC[NH2+]CC1. The van der Waals surface area contributed by atoms with Gasteiger partial charge in [0.05, 0.1) is 0 Å². The molecule has 3 heteroatoms. The fourth-order valence-electron chi connectivity index (χ4n) is 2.80. The molecule has 76 valence electrons. The Hall–Kier alpha value is -0.120. The summed E-state index contributed by atoms with van der Waals surface area (Å²) in [7, 11) is 0. The number of quaternary nitrogens is 2. The van der Waals surface area contributed by atoms with Crippen LogP contribution in [0.3, 0.4) is 0 Å². The monoisotopic (exact) mass is 186 g/mol. The normalized spacial score (nSPS) is 37.6. The van der Waals surface area contributed by atoms with Crippen LogP contribution in [0.5, 0.6) is 0 Å². The van der Waals surface area contributed by atoms with E-state index in [-0.39, 0.29) is 6.10 Å². The molecule has 0 spiro atoms. The van der Waals surface area contributed by atoms with Crippen molar-refractivity contribution >= 4 is 0 Å². The summed E-state index contributed by atoms with van der Waals surface area (Å²) < 4.78 is 0. The standard InChI is InChI=1S/C10H20N2O/c13-10-4-2-1-3-9(10)12-7-5-11-6-8-12/h9-11,13H,1-8H2/p+2/t9-,10+/m0/s1. The number of hydrogen-bond donors (Lipinski definition) is 3. The molecule has 2 fully saturated rings. The van der Waals surface area contributed by atoms with Crippen LogP contribution < -0.4 is 10.2 Å². The smallest absolute Gasteiger partial charge is 0.127 e. The van der Waals surface area contributed by atoms with Gasteiger partial charge < -0.3 is 15.3 Å². The summed E-state index contributed by atoms with van der Waals surface area (Å²) in [4.78, 5) is 1.66. The summed E-state index contributed by atoms with van der Waals surface area (Å²) in [5.74, 6) is 0. The highest BCUT2D eigenvalue weighted by atomic mass is 16.3. The van der Waals surface area contributed by atoms with E-state index in [1.807, 2.05) is 0 Å². The van der Waals surface area contributed by atoms with Crippen LogP contribution in [0.4, 0.5) is 0 Å². The minimum absolute atomic E-state index is 0.0122. The molecule has 0 radical (unpaired) electrons. The van der Waals surface area contributed by atoms with Crippen molar-refractivity contribution in [2.24, 2.45) is 0 Å². The molecular formula is C10H22N2O+2. The van der Waals surface area contributed by atoms with E-state index in [9.17, 15) is 5.11 Å². The predicted molar refractivity (Wildman–Crippen MR) is 50.6 cm³/mol. The van der Waals surface area contributed by atoms with Crippen molar-refractivity contribution < 1.29 is 15.3 Å². The van der Waals surface area contributed by atoms with Gasteiger partial charge >= 0.3 is 0 Å². The highest BCUT2D eigenvalue weighted by Gasteiger charge is 2.33. The van der Waals surface area contributed by atoms with E-state index in [2.05, 4.69) is 5.32 Å². The minimum Gasteiger partial charge on any atom is -0.387 e. The summed E-state index contributed by atoms with van der Waals surface area (Å²) in [6, 6.07) is 0.558. The van der Waals surface area contributed by atoms with Crippen molar-refractivity contribution in [1.82, 2.24) is 0 Å². The Labute approximate surface area is 80.1 Å². The zero-order chi connectivity index (χ0) is 9.10. The molecule has 2 aliphatic rings. The van der Waals surface area contributed by atoms with Crippen LogP contribution in [0.25, 0.3) is 0 Å². The van der Waals surface area contributed by atoms with E-state index < -0.39 is 0 Å². The number of nitrogens with two attached hydrogens (primary N) is 1. The Morgan fingerprint density at radius 3 is 2.46 bits per heavy atom. The number of hydrogen-bond acceptors (Lipinski definition) is 1. The van der Waals surface area contributed by atoms with Crippen molar-refractivity contribution in [3.63, 3.8) is 0 Å². The van der Waals surface area contributed by atoms with Gasteiger partial charge in [-0.25, -0.2) is 0 Å². The van der Waals surface area contributed by atoms with Crippen LogP contribution in [0.1, 0.15) is 25.7 Å². The molecule has 0 aromatic rings. The van der Waals surface area contributed by atoms with Crippen LogP contribution in [-0.4, -0.2) is 43.4 Å². The summed E-state index contributed by atoms with van der Waals surface area (Å²) in [5, 5.41) is 12.3. The van der Waals surface area contributed by atoms with E-state index >= 15 is 0 Å². The lowest BCUT2D eigenvalue weighted by molar-refractivity contribution is -0.970. The predicted octanol–water partition coefficient (Wildman–Crippen LogP) is -2.25. The van der Waals surface area contributed by atoms with Gasteiger partial charge in [0, 0.05) is 6.42 Å². The maximum Gasteiger partial charge on any atom is 0.127 e. The van der Waals surface area contributed by atoms with Gasteiger partial charge in [0.15, 0.2) is 0 Å². The summed E-state index contributed by atoms with van der Waals surface area (Å²) >= 11 is 0. The molecule has 1 saturated carbocycles. The highest BCUT2D eigenvalue weighted by Crippen LogP contribution is 2.16. The molecule has 0 aromatic carbocycles. The molecular weight excluding hydrogens is 164 g/mol. The topological polar surface area (TPSA) is 41.3 Å². The van der Waals surface area contributed by atoms with Crippen LogP contribution in [0, 0.1) is 0 Å². The van der Waals surface area contributed by atoms with E-state index in [1.54, 1.807) is 4.90 Å². The number of rotatable bonds is 1. The van der Waals surface area contributed by atoms with Gasteiger partial charge in [-0.3, -0.25) is 0 Å². The third kappa shape index (κ3) is 2.22. The van der Waals surface area contributed by atoms with E-state index in [1.165, 1.54) is 45.4 Å². The Kier molecular flexibility index (Phi) is 3.19. The van der Waals surface area contributed by atoms with Gasteiger partial charge in [0.25, 0.3) is 0 Å². The van der Waals surface area contributed by atoms with Crippen molar-refractivity contribution in [3.8, 4) is 0 Å². The second kappa shape index (κ2) is 4.40. The zero-order valence-corrected chi connectivity index (χ0v) is 8.34. The molecule has 0 amide bonds. The second-order valence-corrected chi connectivity index (χ2v) is 4.48. The quantitative estimate of drug-likeness (QED) is 0.425. The minimum atomic E-state index is -0.0122. The Morgan fingerprint density at radius 1 is 1.08 bits per heavy atom. The van der Waals surface area contributed by atoms with E-state index in [0.717, 1.165) is 6.42 Å². The second-order valence-electron chi connectivity index (χ2n) is 4.48. The lowest BCUT2D eigenvalue weighted by Gasteiger charge is -2.35. The zero-order valence-electron chi connectivity index (χ0n) is 8.34. The Morgan fingerprint density at radius 2 is 1.77 bits per heavy atom. The van der Waals surface area contributed by atoms with Gasteiger partial charge in [-0.05, 0) is 12.8 Å². The van der Waals surface area contributed by atoms with Crippen molar-refractivity contribution in [2.45, 2.75) is 37.8 Å². The van der Waals surface area contributed by atoms with E-state index in [4.69, 9.17) is 0 Å². The maximum atomic E-state index is 9.89. The molecule has 2 rings (SSSR count). The summed E-state index contributed by atoms with van der Waals surface area (Å²) in [5.41, 5.74) is 0. The van der Waals surface area contributed by atoms with Crippen molar-refractivity contribution in [3.05, 3.63) is 0 Å². The third-order valence-corrected chi connectivity index (χ3v) is 3.59. The summed E-state index contributed by atoms with van der Waals surface area (Å²) in [6.07, 6.45) is 4.84.